The minimum Gasteiger partial charge on any atom is -0.492 e. The van der Waals surface area contributed by atoms with Gasteiger partial charge in [-0.15, -0.1) is 11.3 Å². The first-order chi connectivity index (χ1) is 9.62. The highest BCUT2D eigenvalue weighted by Crippen LogP contribution is 2.45. The summed E-state index contributed by atoms with van der Waals surface area (Å²) in [5, 5.41) is 0.868. The molecule has 6 nitrogen and oxygen atoms in total. The number of nitrogens with two attached hydrogens (primary N) is 1. The van der Waals surface area contributed by atoms with Gasteiger partial charge in [-0.2, -0.15) is 0 Å². The van der Waals surface area contributed by atoms with Gasteiger partial charge in [0, 0.05) is 20.2 Å². The summed E-state index contributed by atoms with van der Waals surface area (Å²) >= 11 is 1.31. The van der Waals surface area contributed by atoms with Crippen LogP contribution in [0.15, 0.2) is 0 Å². The molecule has 1 aliphatic rings. The van der Waals surface area contributed by atoms with Crippen LogP contribution in [0, 0.1) is 0 Å². The fourth-order valence-corrected chi connectivity index (χ4v) is 3.52. The molecule has 0 aromatic carbocycles. The number of nitrogens with zero attached hydrogens (tertiary/aromatic N) is 1. The molecule has 2 rings (SSSR count). The Morgan fingerprint density at radius 3 is 2.75 bits per heavy atom. The highest BCUT2D eigenvalue weighted by molar-refractivity contribution is 7.19. The molecule has 0 spiro atoms. The number of carbonyl (C=O) groups excluding carboxylic acids is 1. The summed E-state index contributed by atoms with van der Waals surface area (Å²) in [6.07, 6.45) is 2.27. The summed E-state index contributed by atoms with van der Waals surface area (Å²) < 4.78 is 15.5. The molecule has 0 radical (unpaired) electrons. The second kappa shape index (κ2) is 6.32. The molecule has 1 aromatic heterocycles. The van der Waals surface area contributed by atoms with E-state index in [2.05, 4.69) is 4.90 Å². The normalized spacial score (nSPS) is 18.9. The van der Waals surface area contributed by atoms with Crippen LogP contribution < -0.4 is 15.4 Å². The van der Waals surface area contributed by atoms with Crippen LogP contribution in [0.25, 0.3) is 0 Å². The predicted octanol–water partition coefficient (Wildman–Crippen LogP) is 1.74. The average molecular weight is 300 g/mol. The number of piperidine rings is 1. The zero-order valence-corrected chi connectivity index (χ0v) is 12.8. The maximum Gasteiger partial charge on any atom is 0.350 e. The summed E-state index contributed by atoms with van der Waals surface area (Å²) in [6, 6.07) is 0. The van der Waals surface area contributed by atoms with Crippen LogP contribution in [-0.2, 0) is 9.47 Å². The highest BCUT2D eigenvalue weighted by atomic mass is 32.1. The Morgan fingerprint density at radius 1 is 1.40 bits per heavy atom. The van der Waals surface area contributed by atoms with Crippen LogP contribution in [0.4, 0.5) is 10.7 Å². The summed E-state index contributed by atoms with van der Waals surface area (Å²) in [5.74, 6) is 0.115. The lowest BCUT2D eigenvalue weighted by molar-refractivity contribution is 0.0607. The SMILES string of the molecule is COC(=O)c1sc(N2CCCC(OC)C2)c(OC)c1N. The number of thiophene rings is 1. The Labute approximate surface area is 122 Å². The van der Waals surface area contributed by atoms with Crippen LogP contribution in [-0.4, -0.2) is 46.5 Å². The Hall–Kier alpha value is -1.47. The topological polar surface area (TPSA) is 74.0 Å². The summed E-state index contributed by atoms with van der Waals surface area (Å²) in [4.78, 5) is 14.3. The molecule has 0 aliphatic carbocycles. The van der Waals surface area contributed by atoms with Gasteiger partial charge in [-0.3, -0.25) is 0 Å². The van der Waals surface area contributed by atoms with Gasteiger partial charge in [0.1, 0.15) is 15.6 Å². The first kappa shape index (κ1) is 14.9. The van der Waals surface area contributed by atoms with Gasteiger partial charge in [0.15, 0.2) is 5.75 Å². The van der Waals surface area contributed by atoms with E-state index < -0.39 is 5.97 Å². The molecule has 0 saturated carbocycles. The number of hydrogen-bond donors (Lipinski definition) is 1. The number of anilines is 2. The van der Waals surface area contributed by atoms with Crippen molar-refractivity contribution in [2.75, 3.05) is 45.1 Å². The molecule has 2 N–H and O–H groups in total. The van der Waals surface area contributed by atoms with Gasteiger partial charge in [-0.25, -0.2) is 4.79 Å². The molecule has 7 heteroatoms. The number of ether oxygens (including phenoxy) is 3. The van der Waals surface area contributed by atoms with E-state index in [0.717, 1.165) is 30.9 Å². The molecule has 2 heterocycles. The number of rotatable bonds is 4. The van der Waals surface area contributed by atoms with Crippen LogP contribution >= 0.6 is 11.3 Å². The van der Waals surface area contributed by atoms with Crippen LogP contribution in [0.1, 0.15) is 22.5 Å². The van der Waals surface area contributed by atoms with Crippen molar-refractivity contribution in [2.24, 2.45) is 0 Å². The zero-order chi connectivity index (χ0) is 14.7. The standard InChI is InChI=1S/C13H20N2O4S/c1-17-8-5-4-6-15(7-8)12-10(18-2)9(14)11(20-12)13(16)19-3/h8H,4-7,14H2,1-3H3. The van der Waals surface area contributed by atoms with Crippen molar-refractivity contribution >= 4 is 28.0 Å². The van der Waals surface area contributed by atoms with Crippen molar-refractivity contribution in [1.82, 2.24) is 0 Å². The van der Waals surface area contributed by atoms with Crippen molar-refractivity contribution in [2.45, 2.75) is 18.9 Å². The van der Waals surface area contributed by atoms with Crippen LogP contribution in [0.3, 0.4) is 0 Å². The van der Waals surface area contributed by atoms with Gasteiger partial charge in [0.2, 0.25) is 0 Å². The molecule has 1 saturated heterocycles. The molecule has 1 fully saturated rings. The first-order valence-electron chi connectivity index (χ1n) is 6.44. The lowest BCUT2D eigenvalue weighted by atomic mass is 10.1. The molecule has 112 valence electrons. The smallest absolute Gasteiger partial charge is 0.350 e. The maximum absolute atomic E-state index is 11.7. The summed E-state index contributed by atoms with van der Waals surface area (Å²) in [5.41, 5.74) is 6.34. The summed E-state index contributed by atoms with van der Waals surface area (Å²) in [6.45, 7) is 1.67. The minimum absolute atomic E-state index is 0.193. The second-order valence-electron chi connectivity index (χ2n) is 4.62. The van der Waals surface area contributed by atoms with E-state index >= 15 is 0 Å². The van der Waals surface area contributed by atoms with Gasteiger partial charge < -0.3 is 24.8 Å². The van der Waals surface area contributed by atoms with Gasteiger partial charge >= 0.3 is 5.97 Å². The molecule has 1 unspecified atom stereocenters. The Balaban J connectivity index is 2.33. The van der Waals surface area contributed by atoms with E-state index in [0.29, 0.717) is 16.3 Å². The van der Waals surface area contributed by atoms with E-state index in [1.54, 1.807) is 14.2 Å². The van der Waals surface area contributed by atoms with E-state index in [1.165, 1.54) is 18.4 Å². The lowest BCUT2D eigenvalue weighted by Gasteiger charge is -2.32. The fourth-order valence-electron chi connectivity index (χ4n) is 2.38. The molecular formula is C13H20N2O4S. The Kier molecular flexibility index (Phi) is 4.72. The third kappa shape index (κ3) is 2.69. The predicted molar refractivity (Wildman–Crippen MR) is 78.9 cm³/mol. The molecule has 1 atom stereocenters. The van der Waals surface area contributed by atoms with E-state index in [4.69, 9.17) is 19.9 Å². The molecule has 0 bridgehead atoms. The van der Waals surface area contributed by atoms with Crippen LogP contribution in [0.5, 0.6) is 5.75 Å². The first-order valence-corrected chi connectivity index (χ1v) is 7.26. The Morgan fingerprint density at radius 2 is 2.15 bits per heavy atom. The van der Waals surface area contributed by atoms with Crippen molar-refractivity contribution < 1.29 is 19.0 Å². The van der Waals surface area contributed by atoms with Gasteiger partial charge in [-0.05, 0) is 12.8 Å². The largest absolute Gasteiger partial charge is 0.492 e. The number of carbonyl (C=O) groups is 1. The van der Waals surface area contributed by atoms with Crippen LogP contribution in [0.2, 0.25) is 0 Å². The van der Waals surface area contributed by atoms with Gasteiger partial charge in [0.05, 0.1) is 20.3 Å². The van der Waals surface area contributed by atoms with E-state index in [-0.39, 0.29) is 6.10 Å². The maximum atomic E-state index is 11.7. The minimum atomic E-state index is -0.433. The zero-order valence-electron chi connectivity index (χ0n) is 12.0. The summed E-state index contributed by atoms with van der Waals surface area (Å²) in [7, 11) is 4.62. The number of nitrogen functional groups attached to an aromatic ring is 1. The average Bonchev–Trinajstić information content (AvgIpc) is 2.83. The fraction of sp³-hybridized carbons (Fsp3) is 0.615. The van der Waals surface area contributed by atoms with Crippen molar-refractivity contribution in [3.63, 3.8) is 0 Å². The van der Waals surface area contributed by atoms with Gasteiger partial charge in [-0.1, -0.05) is 0 Å². The second-order valence-corrected chi connectivity index (χ2v) is 5.62. The van der Waals surface area contributed by atoms with Crippen molar-refractivity contribution in [3.8, 4) is 5.75 Å². The quantitative estimate of drug-likeness (QED) is 0.854. The molecule has 1 aliphatic heterocycles. The third-order valence-corrected chi connectivity index (χ3v) is 4.68. The lowest BCUT2D eigenvalue weighted by Crippen LogP contribution is -2.38. The number of methoxy groups -OCH3 is 3. The third-order valence-electron chi connectivity index (χ3n) is 3.46. The Bertz CT molecular complexity index is 489. The highest BCUT2D eigenvalue weighted by Gasteiger charge is 2.28. The monoisotopic (exact) mass is 300 g/mol. The molecular weight excluding hydrogens is 280 g/mol. The van der Waals surface area contributed by atoms with Crippen molar-refractivity contribution in [3.05, 3.63) is 4.88 Å². The number of hydrogen-bond acceptors (Lipinski definition) is 7. The van der Waals surface area contributed by atoms with E-state index in [1.807, 2.05) is 0 Å². The number of esters is 1. The van der Waals surface area contributed by atoms with Crippen molar-refractivity contribution in [1.29, 1.82) is 0 Å². The molecule has 1 aromatic rings. The van der Waals surface area contributed by atoms with E-state index in [9.17, 15) is 4.79 Å². The molecule has 0 amide bonds. The van der Waals surface area contributed by atoms with Gasteiger partial charge in [0.25, 0.3) is 0 Å². The molecule has 20 heavy (non-hydrogen) atoms.